The van der Waals surface area contributed by atoms with Gasteiger partial charge < -0.3 is 4.74 Å². The quantitative estimate of drug-likeness (QED) is 0.696. The number of hydrogen-bond acceptors (Lipinski definition) is 2. The van der Waals surface area contributed by atoms with E-state index in [1.54, 1.807) is 18.2 Å². The first kappa shape index (κ1) is 10.1. The Morgan fingerprint density at radius 2 is 2.31 bits per heavy atom. The van der Waals surface area contributed by atoms with Gasteiger partial charge in [-0.05, 0) is 24.6 Å². The first-order valence-corrected chi connectivity index (χ1v) is 4.53. The summed E-state index contributed by atoms with van der Waals surface area (Å²) in [7, 11) is 0. The zero-order valence-corrected chi connectivity index (χ0v) is 8.17. The minimum atomic E-state index is 0.501. The third-order valence-corrected chi connectivity index (χ3v) is 1.80. The van der Waals surface area contributed by atoms with E-state index in [0.717, 1.165) is 12.7 Å². The van der Waals surface area contributed by atoms with Gasteiger partial charge in [-0.2, -0.15) is 0 Å². The Morgan fingerprint density at radius 3 is 2.92 bits per heavy atom. The molecule has 0 saturated heterocycles. The fraction of sp³-hybridized carbons (Fsp3) is 0.300. The van der Waals surface area contributed by atoms with Gasteiger partial charge in [-0.25, -0.2) is 0 Å². The Bertz CT molecular complexity index is 297. The monoisotopic (exact) mass is 198 g/mol. The van der Waals surface area contributed by atoms with E-state index in [9.17, 15) is 4.79 Å². The minimum Gasteiger partial charge on any atom is -0.493 e. The largest absolute Gasteiger partial charge is 0.493 e. The van der Waals surface area contributed by atoms with Crippen LogP contribution in [0, 0.1) is 0 Å². The van der Waals surface area contributed by atoms with Gasteiger partial charge >= 0.3 is 0 Å². The molecule has 0 aliphatic rings. The van der Waals surface area contributed by atoms with E-state index in [4.69, 9.17) is 16.3 Å². The van der Waals surface area contributed by atoms with Crippen molar-refractivity contribution < 1.29 is 9.53 Å². The number of carbonyl (C=O) groups excluding carboxylic acids is 1. The van der Waals surface area contributed by atoms with Crippen molar-refractivity contribution in [2.45, 2.75) is 13.3 Å². The number of halogens is 1. The maximum atomic E-state index is 10.6. The van der Waals surface area contributed by atoms with Crippen LogP contribution in [0.5, 0.6) is 5.75 Å². The molecule has 3 heteroatoms. The van der Waals surface area contributed by atoms with E-state index >= 15 is 0 Å². The van der Waals surface area contributed by atoms with E-state index in [0.29, 0.717) is 22.9 Å². The Hall–Kier alpha value is -1.02. The normalized spacial score (nSPS) is 9.69. The van der Waals surface area contributed by atoms with Gasteiger partial charge in [-0.15, -0.1) is 0 Å². The second-order valence-corrected chi connectivity index (χ2v) is 3.08. The van der Waals surface area contributed by atoms with Gasteiger partial charge in [0.25, 0.3) is 0 Å². The van der Waals surface area contributed by atoms with E-state index in [1.165, 1.54) is 0 Å². The summed E-state index contributed by atoms with van der Waals surface area (Å²) < 4.78 is 5.34. The van der Waals surface area contributed by atoms with Gasteiger partial charge in [-0.3, -0.25) is 4.79 Å². The van der Waals surface area contributed by atoms with Crippen LogP contribution in [0.2, 0.25) is 5.02 Å². The summed E-state index contributed by atoms with van der Waals surface area (Å²) in [4.78, 5) is 10.6. The first-order chi connectivity index (χ1) is 6.27. The molecule has 0 bridgehead atoms. The van der Waals surface area contributed by atoms with Crippen LogP contribution in [-0.2, 0) is 0 Å². The van der Waals surface area contributed by atoms with E-state index in [1.807, 2.05) is 6.92 Å². The summed E-state index contributed by atoms with van der Waals surface area (Å²) >= 11 is 5.72. The van der Waals surface area contributed by atoms with E-state index < -0.39 is 0 Å². The topological polar surface area (TPSA) is 26.3 Å². The minimum absolute atomic E-state index is 0.501. The number of rotatable bonds is 4. The van der Waals surface area contributed by atoms with E-state index in [-0.39, 0.29) is 0 Å². The van der Waals surface area contributed by atoms with Crippen LogP contribution < -0.4 is 4.74 Å². The molecule has 0 atom stereocenters. The molecule has 0 radical (unpaired) electrons. The highest BCUT2D eigenvalue weighted by Crippen LogP contribution is 2.21. The van der Waals surface area contributed by atoms with Gasteiger partial charge in [0, 0.05) is 5.02 Å². The van der Waals surface area contributed by atoms with Crippen molar-refractivity contribution in [3.05, 3.63) is 28.8 Å². The fourth-order valence-electron chi connectivity index (χ4n) is 0.955. The molecule has 0 aromatic heterocycles. The molecule has 13 heavy (non-hydrogen) atoms. The third-order valence-electron chi connectivity index (χ3n) is 1.56. The van der Waals surface area contributed by atoms with Crippen molar-refractivity contribution in [3.63, 3.8) is 0 Å². The molecule has 1 aromatic carbocycles. The fourth-order valence-corrected chi connectivity index (χ4v) is 1.14. The standard InChI is InChI=1S/C10H11ClO2/c1-2-5-13-10-4-3-9(11)6-8(10)7-12/h3-4,6-7H,2,5H2,1H3. The summed E-state index contributed by atoms with van der Waals surface area (Å²) in [5.41, 5.74) is 0.501. The second-order valence-electron chi connectivity index (χ2n) is 2.65. The molecule has 1 aromatic rings. The molecule has 0 heterocycles. The number of hydrogen-bond donors (Lipinski definition) is 0. The van der Waals surface area contributed by atoms with Gasteiger partial charge in [-0.1, -0.05) is 18.5 Å². The SMILES string of the molecule is CCCOc1ccc(Cl)cc1C=O. The summed E-state index contributed by atoms with van der Waals surface area (Å²) in [6, 6.07) is 5.01. The lowest BCUT2D eigenvalue weighted by Crippen LogP contribution is -1.98. The molecule has 0 fully saturated rings. The molecule has 0 amide bonds. The summed E-state index contributed by atoms with van der Waals surface area (Å²) in [5.74, 6) is 0.598. The van der Waals surface area contributed by atoms with Crippen LogP contribution in [0.1, 0.15) is 23.7 Å². The molecule has 0 spiro atoms. The maximum Gasteiger partial charge on any atom is 0.153 e. The smallest absolute Gasteiger partial charge is 0.153 e. The number of benzene rings is 1. The zero-order chi connectivity index (χ0) is 9.68. The zero-order valence-electron chi connectivity index (χ0n) is 7.42. The third kappa shape index (κ3) is 2.74. The van der Waals surface area contributed by atoms with Gasteiger partial charge in [0.15, 0.2) is 6.29 Å². The van der Waals surface area contributed by atoms with Crippen molar-refractivity contribution in [2.75, 3.05) is 6.61 Å². The lowest BCUT2D eigenvalue weighted by molar-refractivity contribution is 0.111. The summed E-state index contributed by atoms with van der Waals surface area (Å²) in [5, 5.41) is 0.547. The average Bonchev–Trinajstić information content (AvgIpc) is 2.16. The van der Waals surface area contributed by atoms with Crippen molar-refractivity contribution in [2.24, 2.45) is 0 Å². The Morgan fingerprint density at radius 1 is 1.54 bits per heavy atom. The highest BCUT2D eigenvalue weighted by molar-refractivity contribution is 6.30. The van der Waals surface area contributed by atoms with Gasteiger partial charge in [0.2, 0.25) is 0 Å². The van der Waals surface area contributed by atoms with Crippen LogP contribution in [0.25, 0.3) is 0 Å². The van der Waals surface area contributed by atoms with Crippen molar-refractivity contribution >= 4 is 17.9 Å². The van der Waals surface area contributed by atoms with E-state index in [2.05, 4.69) is 0 Å². The van der Waals surface area contributed by atoms with Crippen LogP contribution in [-0.4, -0.2) is 12.9 Å². The summed E-state index contributed by atoms with van der Waals surface area (Å²) in [6.45, 7) is 2.62. The van der Waals surface area contributed by atoms with Crippen LogP contribution in [0.3, 0.4) is 0 Å². The molecule has 0 aliphatic carbocycles. The number of aldehydes is 1. The highest BCUT2D eigenvalue weighted by Gasteiger charge is 2.02. The number of ether oxygens (including phenoxy) is 1. The predicted molar refractivity (Wildman–Crippen MR) is 52.6 cm³/mol. The molecular weight excluding hydrogens is 188 g/mol. The average molecular weight is 199 g/mol. The van der Waals surface area contributed by atoms with Gasteiger partial charge in [0.05, 0.1) is 12.2 Å². The lowest BCUT2D eigenvalue weighted by Gasteiger charge is -2.06. The molecule has 0 N–H and O–H groups in total. The van der Waals surface area contributed by atoms with Crippen molar-refractivity contribution in [1.29, 1.82) is 0 Å². The molecule has 0 unspecified atom stereocenters. The van der Waals surface area contributed by atoms with Crippen LogP contribution >= 0.6 is 11.6 Å². The molecule has 1 rings (SSSR count). The molecule has 0 saturated carbocycles. The molecule has 70 valence electrons. The number of carbonyl (C=O) groups is 1. The Labute approximate surface area is 82.5 Å². The maximum absolute atomic E-state index is 10.6. The molecular formula is C10H11ClO2. The van der Waals surface area contributed by atoms with Crippen molar-refractivity contribution in [3.8, 4) is 5.75 Å². The van der Waals surface area contributed by atoms with Crippen molar-refractivity contribution in [1.82, 2.24) is 0 Å². The Balaban J connectivity index is 2.86. The lowest BCUT2D eigenvalue weighted by atomic mass is 10.2. The second kappa shape index (κ2) is 4.87. The van der Waals surface area contributed by atoms with Crippen LogP contribution in [0.4, 0.5) is 0 Å². The Kier molecular flexibility index (Phi) is 3.77. The predicted octanol–water partition coefficient (Wildman–Crippen LogP) is 2.94. The molecule has 2 nitrogen and oxygen atoms in total. The molecule has 0 aliphatic heterocycles. The summed E-state index contributed by atoms with van der Waals surface area (Å²) in [6.07, 6.45) is 1.66. The van der Waals surface area contributed by atoms with Gasteiger partial charge in [0.1, 0.15) is 5.75 Å². The first-order valence-electron chi connectivity index (χ1n) is 4.15. The highest BCUT2D eigenvalue weighted by atomic mass is 35.5. The van der Waals surface area contributed by atoms with Crippen LogP contribution in [0.15, 0.2) is 18.2 Å².